The molecule has 29 heavy (non-hydrogen) atoms. The molecule has 2 bridgehead atoms. The Labute approximate surface area is 172 Å². The zero-order chi connectivity index (χ0) is 20.2. The third kappa shape index (κ3) is 3.03. The Morgan fingerprint density at radius 1 is 1.24 bits per heavy atom. The average molecular weight is 392 g/mol. The minimum absolute atomic E-state index is 0.0729. The number of hydrogen-bond donors (Lipinski definition) is 0. The van der Waals surface area contributed by atoms with E-state index >= 15 is 0 Å². The van der Waals surface area contributed by atoms with Gasteiger partial charge in [-0.25, -0.2) is 0 Å². The van der Waals surface area contributed by atoms with E-state index in [1.165, 1.54) is 16.7 Å². The lowest BCUT2D eigenvalue weighted by molar-refractivity contribution is -0.143. The highest BCUT2D eigenvalue weighted by Crippen LogP contribution is 2.52. The average Bonchev–Trinajstić information content (AvgIpc) is 3.36. The Bertz CT molecular complexity index is 903. The van der Waals surface area contributed by atoms with Gasteiger partial charge in [0, 0.05) is 19.6 Å². The maximum absolute atomic E-state index is 13.3. The highest BCUT2D eigenvalue weighted by Gasteiger charge is 2.67. The number of rotatable bonds is 4. The highest BCUT2D eigenvalue weighted by molar-refractivity contribution is 5.93. The standard InChI is InChI=1S/C24H28N2O3/c1-16-3-5-18(6-4-16)10-14-26-15-24-11-7-19(29-24)20(21(24)23(26)28)22(27)25-12-8-17(2)9-13-25/h3-8,11,19-21H,9-10,12-15H2,1-2H3/t19-,20+,21-,24-/m0/s1. The van der Waals surface area contributed by atoms with Gasteiger partial charge in [0.15, 0.2) is 0 Å². The molecule has 2 saturated heterocycles. The largest absolute Gasteiger partial charge is 0.360 e. The summed E-state index contributed by atoms with van der Waals surface area (Å²) in [6, 6.07) is 8.45. The van der Waals surface area contributed by atoms with Crippen molar-refractivity contribution < 1.29 is 14.3 Å². The Morgan fingerprint density at radius 3 is 2.76 bits per heavy atom. The molecule has 0 radical (unpaired) electrons. The SMILES string of the molecule is CC1=CCN(C(=O)[C@@H]2[C@@H]3C=C[C@@]4(CN(CCc5ccc(C)cc5)C(=O)[C@H]24)O3)CC1. The third-order valence-electron chi connectivity index (χ3n) is 7.00. The van der Waals surface area contributed by atoms with Crippen molar-refractivity contribution in [1.82, 2.24) is 9.80 Å². The molecule has 4 aliphatic rings. The van der Waals surface area contributed by atoms with Gasteiger partial charge in [-0.05, 0) is 32.3 Å². The van der Waals surface area contributed by atoms with Crippen molar-refractivity contribution in [2.24, 2.45) is 11.8 Å². The monoisotopic (exact) mass is 392 g/mol. The number of carbonyl (C=O) groups excluding carboxylic acids is 2. The number of hydrogen-bond acceptors (Lipinski definition) is 3. The molecule has 4 atom stereocenters. The zero-order valence-corrected chi connectivity index (χ0v) is 17.1. The van der Waals surface area contributed by atoms with Crippen molar-refractivity contribution in [2.75, 3.05) is 26.2 Å². The van der Waals surface area contributed by atoms with Crippen LogP contribution in [0.3, 0.4) is 0 Å². The third-order valence-corrected chi connectivity index (χ3v) is 7.00. The van der Waals surface area contributed by atoms with Gasteiger partial charge < -0.3 is 14.5 Å². The number of carbonyl (C=O) groups is 2. The van der Waals surface area contributed by atoms with E-state index in [1.807, 2.05) is 22.0 Å². The Balaban J connectivity index is 1.32. The molecule has 1 aromatic rings. The van der Waals surface area contributed by atoms with Crippen molar-refractivity contribution in [2.45, 2.75) is 38.4 Å². The molecule has 0 N–H and O–H groups in total. The van der Waals surface area contributed by atoms with Gasteiger partial charge >= 0.3 is 0 Å². The van der Waals surface area contributed by atoms with E-state index in [-0.39, 0.29) is 29.8 Å². The second-order valence-electron chi connectivity index (χ2n) is 8.98. The van der Waals surface area contributed by atoms with Crippen LogP contribution in [0.4, 0.5) is 0 Å². The van der Waals surface area contributed by atoms with E-state index in [2.05, 4.69) is 44.2 Å². The van der Waals surface area contributed by atoms with Gasteiger partial charge in [0.2, 0.25) is 11.8 Å². The van der Waals surface area contributed by atoms with E-state index < -0.39 is 5.60 Å². The molecule has 5 rings (SSSR count). The molecule has 1 spiro atoms. The predicted octanol–water partition coefficient (Wildman–Crippen LogP) is 2.50. The van der Waals surface area contributed by atoms with E-state index in [0.717, 1.165) is 19.4 Å². The van der Waals surface area contributed by atoms with Crippen LogP contribution in [0.25, 0.3) is 0 Å². The number of benzene rings is 1. The molecule has 1 aromatic carbocycles. The number of likely N-dealkylation sites (tertiary alicyclic amines) is 1. The smallest absolute Gasteiger partial charge is 0.230 e. The van der Waals surface area contributed by atoms with Crippen molar-refractivity contribution >= 4 is 11.8 Å². The summed E-state index contributed by atoms with van der Waals surface area (Å²) in [5.74, 6) is -0.617. The molecule has 0 saturated carbocycles. The minimum Gasteiger partial charge on any atom is -0.360 e. The minimum atomic E-state index is -0.614. The van der Waals surface area contributed by atoms with Crippen molar-refractivity contribution in [3.05, 3.63) is 59.2 Å². The summed E-state index contributed by atoms with van der Waals surface area (Å²) in [7, 11) is 0. The first kappa shape index (κ1) is 18.6. The fourth-order valence-corrected chi connectivity index (χ4v) is 5.25. The lowest BCUT2D eigenvalue weighted by Gasteiger charge is -2.31. The Kier molecular flexibility index (Phi) is 4.39. The summed E-state index contributed by atoms with van der Waals surface area (Å²) in [5, 5.41) is 0. The number of amides is 2. The fraction of sp³-hybridized carbons (Fsp3) is 0.500. The van der Waals surface area contributed by atoms with Crippen LogP contribution in [0.5, 0.6) is 0 Å². The quantitative estimate of drug-likeness (QED) is 0.740. The summed E-state index contributed by atoms with van der Waals surface area (Å²) in [6.07, 6.45) is 7.62. The molecule has 152 valence electrons. The van der Waals surface area contributed by atoms with E-state index in [9.17, 15) is 9.59 Å². The first-order chi connectivity index (χ1) is 14.0. The van der Waals surface area contributed by atoms with Crippen LogP contribution in [-0.2, 0) is 20.7 Å². The Hall–Kier alpha value is -2.40. The molecule has 4 aliphatic heterocycles. The summed E-state index contributed by atoms with van der Waals surface area (Å²) in [5.41, 5.74) is 3.17. The van der Waals surface area contributed by atoms with Crippen LogP contribution in [0.1, 0.15) is 24.5 Å². The van der Waals surface area contributed by atoms with Gasteiger partial charge in [0.25, 0.3) is 0 Å². The summed E-state index contributed by atoms with van der Waals surface area (Å²) in [6.45, 7) is 6.77. The zero-order valence-electron chi connectivity index (χ0n) is 17.1. The maximum atomic E-state index is 13.3. The topological polar surface area (TPSA) is 49.9 Å². The predicted molar refractivity (Wildman–Crippen MR) is 110 cm³/mol. The molecule has 4 heterocycles. The molecular formula is C24H28N2O3. The van der Waals surface area contributed by atoms with Gasteiger partial charge in [0.1, 0.15) is 5.60 Å². The molecule has 0 aromatic heterocycles. The number of nitrogens with zero attached hydrogens (tertiary/aromatic N) is 2. The number of fused-ring (bicyclic) bond motifs is 1. The van der Waals surface area contributed by atoms with Gasteiger partial charge in [-0.2, -0.15) is 0 Å². The lowest BCUT2D eigenvalue weighted by Crippen LogP contribution is -2.47. The van der Waals surface area contributed by atoms with Gasteiger partial charge in [-0.15, -0.1) is 0 Å². The summed E-state index contributed by atoms with van der Waals surface area (Å²) >= 11 is 0. The molecule has 0 aliphatic carbocycles. The van der Waals surface area contributed by atoms with Crippen LogP contribution in [0.2, 0.25) is 0 Å². The van der Waals surface area contributed by atoms with E-state index in [1.54, 1.807) is 0 Å². The van der Waals surface area contributed by atoms with Crippen molar-refractivity contribution in [3.63, 3.8) is 0 Å². The van der Waals surface area contributed by atoms with Crippen LogP contribution < -0.4 is 0 Å². The maximum Gasteiger partial charge on any atom is 0.230 e. The van der Waals surface area contributed by atoms with E-state index in [4.69, 9.17) is 4.74 Å². The van der Waals surface area contributed by atoms with Crippen molar-refractivity contribution in [3.8, 4) is 0 Å². The molecule has 5 heteroatoms. The summed E-state index contributed by atoms with van der Waals surface area (Å²) < 4.78 is 6.26. The fourth-order valence-electron chi connectivity index (χ4n) is 5.25. The van der Waals surface area contributed by atoms with Crippen LogP contribution in [-0.4, -0.2) is 59.5 Å². The Morgan fingerprint density at radius 2 is 2.03 bits per heavy atom. The normalized spacial score (nSPS) is 32.7. The second-order valence-corrected chi connectivity index (χ2v) is 8.98. The molecular weight excluding hydrogens is 364 g/mol. The van der Waals surface area contributed by atoms with Crippen LogP contribution in [0, 0.1) is 18.8 Å². The summed E-state index contributed by atoms with van der Waals surface area (Å²) in [4.78, 5) is 30.4. The van der Waals surface area contributed by atoms with Crippen LogP contribution in [0.15, 0.2) is 48.1 Å². The van der Waals surface area contributed by atoms with Gasteiger partial charge in [0.05, 0.1) is 24.5 Å². The highest BCUT2D eigenvalue weighted by atomic mass is 16.5. The number of ether oxygens (including phenoxy) is 1. The lowest BCUT2D eigenvalue weighted by atomic mass is 9.76. The molecule has 0 unspecified atom stereocenters. The first-order valence-electron chi connectivity index (χ1n) is 10.6. The van der Waals surface area contributed by atoms with Gasteiger partial charge in [-0.1, -0.05) is 53.6 Å². The first-order valence-corrected chi connectivity index (χ1v) is 10.6. The number of aryl methyl sites for hydroxylation is 1. The molecule has 5 nitrogen and oxygen atoms in total. The van der Waals surface area contributed by atoms with Gasteiger partial charge in [-0.3, -0.25) is 9.59 Å². The molecule has 2 amide bonds. The second kappa shape index (κ2) is 6.84. The van der Waals surface area contributed by atoms with E-state index in [0.29, 0.717) is 19.6 Å². The van der Waals surface area contributed by atoms with Crippen molar-refractivity contribution in [1.29, 1.82) is 0 Å². The van der Waals surface area contributed by atoms with Crippen LogP contribution >= 0.6 is 0 Å². The molecule has 2 fully saturated rings.